The zero-order valence-corrected chi connectivity index (χ0v) is 7.27. The summed E-state index contributed by atoms with van der Waals surface area (Å²) in [4.78, 5) is 16.7. The Morgan fingerprint density at radius 1 is 1.73 bits per heavy atom. The number of aliphatic hydroxyl groups is 1. The lowest BCUT2D eigenvalue weighted by atomic mass is 10.7. The van der Waals surface area contributed by atoms with E-state index in [1.54, 1.807) is 0 Å². The van der Waals surface area contributed by atoms with Gasteiger partial charge in [0.25, 0.3) is 0 Å². The third-order valence-corrected chi connectivity index (χ3v) is 3.30. The molecule has 6 nitrogen and oxygen atoms in total. The van der Waals surface area contributed by atoms with Crippen molar-refractivity contribution in [2.45, 2.75) is 5.85 Å². The van der Waals surface area contributed by atoms with Gasteiger partial charge in [-0.1, -0.05) is 12.7 Å². The first-order valence-corrected chi connectivity index (χ1v) is 5.37. The van der Waals surface area contributed by atoms with Crippen LogP contribution >= 0.6 is 15.9 Å². The van der Waals surface area contributed by atoms with E-state index in [9.17, 15) is 9.13 Å². The summed E-state index contributed by atoms with van der Waals surface area (Å²) in [5.41, 5.74) is 0. The first kappa shape index (κ1) is 11.0. The number of rotatable bonds is 4. The molecule has 0 aromatic carbocycles. The Bertz CT molecular complexity index is 212. The summed E-state index contributed by atoms with van der Waals surface area (Å²) in [6.45, 7) is 3.00. The van der Waals surface area contributed by atoms with E-state index in [0.717, 1.165) is 6.08 Å². The average molecular weight is 202 g/mol. The van der Waals surface area contributed by atoms with Crippen molar-refractivity contribution in [3.05, 3.63) is 12.7 Å². The smallest absolute Gasteiger partial charge is 0.367 e. The van der Waals surface area contributed by atoms with E-state index in [-0.39, 0.29) is 0 Å². The van der Waals surface area contributed by atoms with Crippen LogP contribution in [-0.4, -0.2) is 20.7 Å². The Morgan fingerprint density at radius 3 is 2.45 bits per heavy atom. The fourth-order valence-electron chi connectivity index (χ4n) is 0.299. The third kappa shape index (κ3) is 3.82. The predicted molar refractivity (Wildman–Crippen MR) is 38.3 cm³/mol. The maximum atomic E-state index is 10.6. The minimum absolute atomic E-state index is 0.742. The third-order valence-electron chi connectivity index (χ3n) is 0.754. The molecule has 0 aliphatic carbocycles. The van der Waals surface area contributed by atoms with Crippen molar-refractivity contribution in [2.24, 2.45) is 0 Å². The van der Waals surface area contributed by atoms with E-state index in [2.05, 4.69) is 10.9 Å². The molecule has 0 aliphatic heterocycles. The topological polar surface area (TPSA) is 104 Å². The Hall–Kier alpha value is 0.0400. The van der Waals surface area contributed by atoms with Crippen molar-refractivity contribution >= 4 is 15.9 Å². The van der Waals surface area contributed by atoms with Crippen LogP contribution in [0.2, 0.25) is 0 Å². The average Bonchev–Trinajstić information content (AvgIpc) is 1.83. The van der Waals surface area contributed by atoms with Gasteiger partial charge in [0.2, 0.25) is 0 Å². The van der Waals surface area contributed by atoms with Crippen LogP contribution in [-0.2, 0) is 13.4 Å². The molecule has 0 rings (SSSR count). The second-order valence-corrected chi connectivity index (χ2v) is 4.49. The van der Waals surface area contributed by atoms with Crippen molar-refractivity contribution < 1.29 is 28.3 Å². The van der Waals surface area contributed by atoms with Gasteiger partial charge in [0.05, 0.1) is 0 Å². The fourth-order valence-corrected chi connectivity index (χ4v) is 1.89. The largest absolute Gasteiger partial charge is 0.377 e. The van der Waals surface area contributed by atoms with Crippen LogP contribution in [0.25, 0.3) is 0 Å². The summed E-state index contributed by atoms with van der Waals surface area (Å²) >= 11 is 0. The number of aliphatic hydroxyl groups excluding tert-OH is 1. The summed E-state index contributed by atoms with van der Waals surface area (Å²) in [6.07, 6.45) is 0.742. The van der Waals surface area contributed by atoms with E-state index in [4.69, 9.17) is 14.9 Å². The fraction of sp³-hybridized carbons (Fsp3) is 0.333. The summed E-state index contributed by atoms with van der Waals surface area (Å²) in [6, 6.07) is 0. The zero-order chi connectivity index (χ0) is 9.07. The van der Waals surface area contributed by atoms with Crippen molar-refractivity contribution in [3.8, 4) is 0 Å². The minimum Gasteiger partial charge on any atom is -0.377 e. The highest BCUT2D eigenvalue weighted by Crippen LogP contribution is 2.53. The lowest BCUT2D eigenvalue weighted by Gasteiger charge is -2.11. The highest BCUT2D eigenvalue weighted by Gasteiger charge is 2.29. The van der Waals surface area contributed by atoms with Gasteiger partial charge in [-0.05, 0) is 0 Å². The highest BCUT2D eigenvalue weighted by molar-refractivity contribution is 7.60. The van der Waals surface area contributed by atoms with E-state index in [1.807, 2.05) is 0 Å². The molecular weight excluding hydrogens is 194 g/mol. The van der Waals surface area contributed by atoms with E-state index in [1.165, 1.54) is 0 Å². The van der Waals surface area contributed by atoms with Crippen LogP contribution in [0.1, 0.15) is 0 Å². The summed E-state index contributed by atoms with van der Waals surface area (Å²) < 4.78 is 24.2. The molecule has 0 saturated carbocycles. The number of hydrogen-bond donors (Lipinski definition) is 3. The van der Waals surface area contributed by atoms with Crippen LogP contribution < -0.4 is 0 Å². The van der Waals surface area contributed by atoms with E-state index in [0.29, 0.717) is 0 Å². The molecule has 0 aliphatic rings. The van der Waals surface area contributed by atoms with E-state index >= 15 is 0 Å². The van der Waals surface area contributed by atoms with Gasteiger partial charge in [-0.25, -0.2) is 4.31 Å². The maximum absolute atomic E-state index is 10.6. The van der Waals surface area contributed by atoms with Crippen molar-refractivity contribution in [1.82, 2.24) is 0 Å². The molecular formula is C3H8O6P2. The van der Waals surface area contributed by atoms with Crippen LogP contribution in [0.5, 0.6) is 0 Å². The Morgan fingerprint density at radius 2 is 2.18 bits per heavy atom. The van der Waals surface area contributed by atoms with Gasteiger partial charge in [0.15, 0.2) is 5.85 Å². The van der Waals surface area contributed by atoms with Gasteiger partial charge >= 0.3 is 15.9 Å². The van der Waals surface area contributed by atoms with Crippen LogP contribution in [0.15, 0.2) is 12.7 Å². The second-order valence-electron chi connectivity index (χ2n) is 1.57. The van der Waals surface area contributed by atoms with Gasteiger partial charge < -0.3 is 14.9 Å². The monoisotopic (exact) mass is 202 g/mol. The maximum Gasteiger partial charge on any atom is 0.367 e. The first-order chi connectivity index (χ1) is 4.90. The van der Waals surface area contributed by atoms with Crippen molar-refractivity contribution in [3.63, 3.8) is 0 Å². The van der Waals surface area contributed by atoms with Gasteiger partial charge in [0, 0.05) is 0 Å². The highest BCUT2D eigenvalue weighted by atomic mass is 31.2. The van der Waals surface area contributed by atoms with Crippen molar-refractivity contribution in [2.75, 3.05) is 0 Å². The van der Waals surface area contributed by atoms with Gasteiger partial charge in [0.1, 0.15) is 0 Å². The number of hydrogen-bond acceptors (Lipinski definition) is 4. The SMILES string of the molecule is C=CC(O)P(=O)(O)O[PH](=O)O. The van der Waals surface area contributed by atoms with Gasteiger partial charge in [-0.3, -0.25) is 9.13 Å². The second kappa shape index (κ2) is 4.16. The molecule has 0 aromatic rings. The molecule has 0 radical (unpaired) electrons. The quantitative estimate of drug-likeness (QED) is 0.440. The summed E-state index contributed by atoms with van der Waals surface area (Å²) in [7, 11) is -7.94. The summed E-state index contributed by atoms with van der Waals surface area (Å²) in [5.74, 6) is -1.83. The normalized spacial score (nSPS) is 21.7. The van der Waals surface area contributed by atoms with E-state index < -0.39 is 21.7 Å². The molecule has 11 heavy (non-hydrogen) atoms. The standard InChI is InChI=1S/C3H8O6P2/c1-2-3(4)11(7,8)9-10(5)6/h2-4,10H,1H2,(H,5,6)(H,7,8). The molecule has 3 N–H and O–H groups in total. The molecule has 0 amide bonds. The minimum atomic E-state index is -4.42. The molecule has 0 fully saturated rings. The Balaban J connectivity index is 4.33. The van der Waals surface area contributed by atoms with Crippen LogP contribution in [0.3, 0.4) is 0 Å². The van der Waals surface area contributed by atoms with Crippen LogP contribution in [0, 0.1) is 0 Å². The lowest BCUT2D eigenvalue weighted by Crippen LogP contribution is -2.02. The van der Waals surface area contributed by atoms with Gasteiger partial charge in [-0.15, -0.1) is 0 Å². The molecule has 3 unspecified atom stereocenters. The molecule has 0 saturated heterocycles. The Labute approximate surface area is 63.6 Å². The van der Waals surface area contributed by atoms with Gasteiger partial charge in [-0.2, -0.15) is 0 Å². The molecule has 0 aromatic heterocycles. The van der Waals surface area contributed by atoms with Crippen molar-refractivity contribution in [1.29, 1.82) is 0 Å². The molecule has 8 heteroatoms. The Kier molecular flexibility index (Phi) is 4.18. The molecule has 0 spiro atoms. The van der Waals surface area contributed by atoms with Crippen LogP contribution in [0.4, 0.5) is 0 Å². The molecule has 3 atom stereocenters. The lowest BCUT2D eigenvalue weighted by molar-refractivity contribution is 0.239. The zero-order valence-electron chi connectivity index (χ0n) is 5.38. The predicted octanol–water partition coefficient (Wildman–Crippen LogP) is 0.0748. The first-order valence-electron chi connectivity index (χ1n) is 2.45. The molecule has 66 valence electrons. The molecule has 0 heterocycles. The molecule has 0 bridgehead atoms. The summed E-state index contributed by atoms with van der Waals surface area (Å²) in [5, 5.41) is 8.64.